The van der Waals surface area contributed by atoms with Gasteiger partial charge in [-0.3, -0.25) is 4.98 Å². The van der Waals surface area contributed by atoms with Gasteiger partial charge in [0, 0.05) is 30.9 Å². The molecule has 2 N–H and O–H groups in total. The number of urea groups is 1. The highest BCUT2D eigenvalue weighted by molar-refractivity contribution is 5.75. The second-order valence-electron chi connectivity index (χ2n) is 6.49. The van der Waals surface area contributed by atoms with Crippen LogP contribution >= 0.6 is 0 Å². The third-order valence-corrected chi connectivity index (χ3v) is 4.47. The zero-order chi connectivity index (χ0) is 15.5. The summed E-state index contributed by atoms with van der Waals surface area (Å²) < 4.78 is 0. The van der Waals surface area contributed by atoms with Gasteiger partial charge in [-0.2, -0.15) is 0 Å². The maximum absolute atomic E-state index is 12.3. The maximum atomic E-state index is 12.3. The third kappa shape index (κ3) is 3.53. The van der Waals surface area contributed by atoms with Crippen LogP contribution in [-0.2, 0) is 5.41 Å². The molecule has 1 aromatic rings. The molecule has 1 fully saturated rings. The predicted molar refractivity (Wildman–Crippen MR) is 82.0 cm³/mol. The molecule has 0 unspecified atom stereocenters. The van der Waals surface area contributed by atoms with Crippen LogP contribution in [0.3, 0.4) is 0 Å². The van der Waals surface area contributed by atoms with Gasteiger partial charge in [-0.05, 0) is 30.0 Å². The lowest BCUT2D eigenvalue weighted by Crippen LogP contribution is -2.48. The molecule has 0 bridgehead atoms. The van der Waals surface area contributed by atoms with Gasteiger partial charge < -0.3 is 15.3 Å². The first kappa shape index (κ1) is 15.8. The van der Waals surface area contributed by atoms with Gasteiger partial charge >= 0.3 is 6.03 Å². The number of carbonyl (C=O) groups is 1. The van der Waals surface area contributed by atoms with E-state index in [0.29, 0.717) is 19.0 Å². The molecule has 0 saturated carbocycles. The second kappa shape index (κ2) is 6.43. The van der Waals surface area contributed by atoms with Crippen LogP contribution in [0.2, 0.25) is 0 Å². The Hall–Kier alpha value is -1.62. The van der Waals surface area contributed by atoms with E-state index in [4.69, 9.17) is 0 Å². The first-order valence-electron chi connectivity index (χ1n) is 7.51. The van der Waals surface area contributed by atoms with E-state index >= 15 is 0 Å². The van der Waals surface area contributed by atoms with Crippen molar-refractivity contribution < 1.29 is 9.90 Å². The van der Waals surface area contributed by atoms with Crippen molar-refractivity contribution in [1.29, 1.82) is 0 Å². The van der Waals surface area contributed by atoms with Crippen LogP contribution in [0.25, 0.3) is 0 Å². The molecule has 0 spiro atoms. The highest BCUT2D eigenvalue weighted by Gasteiger charge is 2.34. The maximum Gasteiger partial charge on any atom is 0.317 e. The highest BCUT2D eigenvalue weighted by Crippen LogP contribution is 2.24. The summed E-state index contributed by atoms with van der Waals surface area (Å²) in [5.74, 6) is 0.356. The van der Waals surface area contributed by atoms with Crippen molar-refractivity contribution in [2.75, 3.05) is 19.7 Å². The van der Waals surface area contributed by atoms with E-state index in [9.17, 15) is 9.90 Å². The first-order valence-corrected chi connectivity index (χ1v) is 7.51. The van der Waals surface area contributed by atoms with E-state index in [2.05, 4.69) is 31.1 Å². The summed E-state index contributed by atoms with van der Waals surface area (Å²) >= 11 is 0. The van der Waals surface area contributed by atoms with Crippen LogP contribution in [0.5, 0.6) is 0 Å². The van der Waals surface area contributed by atoms with Gasteiger partial charge in [0.05, 0.1) is 12.6 Å². The normalized spacial score (nSPS) is 22.4. The van der Waals surface area contributed by atoms with Crippen LogP contribution in [-0.4, -0.2) is 46.8 Å². The average molecular weight is 291 g/mol. The minimum absolute atomic E-state index is 0.0301. The van der Waals surface area contributed by atoms with E-state index in [1.54, 1.807) is 17.3 Å². The molecule has 1 saturated heterocycles. The van der Waals surface area contributed by atoms with Gasteiger partial charge in [-0.1, -0.05) is 20.8 Å². The smallest absolute Gasteiger partial charge is 0.317 e. The first-order chi connectivity index (χ1) is 9.95. The molecule has 1 aliphatic rings. The van der Waals surface area contributed by atoms with E-state index < -0.39 is 0 Å². The van der Waals surface area contributed by atoms with Gasteiger partial charge in [-0.25, -0.2) is 4.79 Å². The zero-order valence-electron chi connectivity index (χ0n) is 13.0. The Morgan fingerprint density at radius 3 is 2.76 bits per heavy atom. The van der Waals surface area contributed by atoms with Crippen molar-refractivity contribution in [3.63, 3.8) is 0 Å². The molecule has 0 aromatic carbocycles. The number of hydrogen-bond donors (Lipinski definition) is 2. The number of rotatable bonds is 4. The van der Waals surface area contributed by atoms with Crippen molar-refractivity contribution in [2.24, 2.45) is 5.92 Å². The Balaban J connectivity index is 1.95. The molecule has 2 heterocycles. The average Bonchev–Trinajstić information content (AvgIpc) is 2.86. The van der Waals surface area contributed by atoms with Gasteiger partial charge in [0.15, 0.2) is 0 Å². The fourth-order valence-corrected chi connectivity index (χ4v) is 2.84. The van der Waals surface area contributed by atoms with Crippen LogP contribution in [0.1, 0.15) is 32.8 Å². The molecule has 5 heteroatoms. The summed E-state index contributed by atoms with van der Waals surface area (Å²) in [7, 11) is 0. The molecule has 21 heavy (non-hydrogen) atoms. The monoisotopic (exact) mass is 291 g/mol. The van der Waals surface area contributed by atoms with Crippen molar-refractivity contribution in [3.05, 3.63) is 30.1 Å². The number of pyridine rings is 1. The summed E-state index contributed by atoms with van der Waals surface area (Å²) in [6.07, 6.45) is 4.48. The molecular formula is C16H25N3O2. The van der Waals surface area contributed by atoms with E-state index in [1.165, 1.54) is 0 Å². The summed E-state index contributed by atoms with van der Waals surface area (Å²) in [6, 6.07) is 3.80. The molecular weight excluding hydrogens is 266 g/mol. The Labute approximate surface area is 126 Å². The molecule has 116 valence electrons. The number of aliphatic hydroxyl groups excluding tert-OH is 1. The Morgan fingerprint density at radius 1 is 1.48 bits per heavy atom. The fourth-order valence-electron chi connectivity index (χ4n) is 2.84. The fraction of sp³-hybridized carbons (Fsp3) is 0.625. The summed E-state index contributed by atoms with van der Waals surface area (Å²) in [4.78, 5) is 18.1. The van der Waals surface area contributed by atoms with Crippen molar-refractivity contribution >= 4 is 6.03 Å². The van der Waals surface area contributed by atoms with Crippen molar-refractivity contribution in [3.8, 4) is 0 Å². The van der Waals surface area contributed by atoms with Crippen LogP contribution in [0, 0.1) is 5.92 Å². The van der Waals surface area contributed by atoms with Crippen molar-refractivity contribution in [2.45, 2.75) is 38.6 Å². The van der Waals surface area contributed by atoms with Gasteiger partial charge in [0.1, 0.15) is 0 Å². The molecule has 5 nitrogen and oxygen atoms in total. The number of carbonyl (C=O) groups excluding carboxylic acids is 1. The number of hydrogen-bond acceptors (Lipinski definition) is 3. The van der Waals surface area contributed by atoms with Gasteiger partial charge in [0.25, 0.3) is 0 Å². The quantitative estimate of drug-likeness (QED) is 0.888. The number of nitrogens with one attached hydrogen (secondary N) is 1. The Kier molecular flexibility index (Phi) is 4.83. The largest absolute Gasteiger partial charge is 0.394 e. The number of likely N-dealkylation sites (tertiary alicyclic amines) is 1. The standard InChI is InChI=1S/C16H25N3O2/c1-12-6-9-19(14(12)10-20)15(21)18-11-16(2,3)13-4-7-17-8-5-13/h4-5,7-8,12,14,20H,6,9-11H2,1-3H3,(H,18,21)/t12-,14-/m1/s1. The highest BCUT2D eigenvalue weighted by atomic mass is 16.3. The lowest BCUT2D eigenvalue weighted by molar-refractivity contribution is 0.143. The van der Waals surface area contributed by atoms with E-state index in [-0.39, 0.29) is 24.1 Å². The molecule has 2 rings (SSSR count). The van der Waals surface area contributed by atoms with Crippen LogP contribution in [0.4, 0.5) is 4.79 Å². The van der Waals surface area contributed by atoms with Crippen molar-refractivity contribution in [1.82, 2.24) is 15.2 Å². The number of aromatic nitrogens is 1. The minimum Gasteiger partial charge on any atom is -0.394 e. The number of amides is 2. The summed E-state index contributed by atoms with van der Waals surface area (Å²) in [6.45, 7) is 7.57. The molecule has 1 aromatic heterocycles. The predicted octanol–water partition coefficient (Wildman–Crippen LogP) is 1.77. The van der Waals surface area contributed by atoms with Crippen LogP contribution in [0.15, 0.2) is 24.5 Å². The SMILES string of the molecule is C[C@@H]1CCN(C(=O)NCC(C)(C)c2ccncc2)[C@@H]1CO. The lowest BCUT2D eigenvalue weighted by atomic mass is 9.85. The second-order valence-corrected chi connectivity index (χ2v) is 6.49. The van der Waals surface area contributed by atoms with E-state index in [1.807, 2.05) is 12.1 Å². The number of nitrogens with zero attached hydrogens (tertiary/aromatic N) is 2. The topological polar surface area (TPSA) is 65.5 Å². The number of aliphatic hydroxyl groups is 1. The lowest BCUT2D eigenvalue weighted by Gasteiger charge is -2.29. The summed E-state index contributed by atoms with van der Waals surface area (Å²) in [5, 5.41) is 12.4. The molecule has 0 radical (unpaired) electrons. The Morgan fingerprint density at radius 2 is 2.14 bits per heavy atom. The van der Waals surface area contributed by atoms with Gasteiger partial charge in [0.2, 0.25) is 0 Å². The van der Waals surface area contributed by atoms with E-state index in [0.717, 1.165) is 12.0 Å². The minimum atomic E-state index is -0.154. The Bertz CT molecular complexity index is 476. The van der Waals surface area contributed by atoms with Crippen LogP contribution < -0.4 is 5.32 Å². The molecule has 2 amide bonds. The molecule has 0 aliphatic carbocycles. The van der Waals surface area contributed by atoms with Gasteiger partial charge in [-0.15, -0.1) is 0 Å². The molecule has 2 atom stereocenters. The zero-order valence-corrected chi connectivity index (χ0v) is 13.0. The summed E-state index contributed by atoms with van der Waals surface area (Å²) in [5.41, 5.74) is 0.991. The third-order valence-electron chi connectivity index (χ3n) is 4.47. The molecule has 1 aliphatic heterocycles.